The molecule has 15 aromatic carbocycles. The molecule has 89 heavy (non-hydrogen) atoms. The van der Waals surface area contributed by atoms with Crippen molar-refractivity contribution in [2.24, 2.45) is 0 Å². The molecule has 0 saturated heterocycles. The Morgan fingerprint density at radius 3 is 0.663 bits per heavy atom. The second-order valence-electron chi connectivity index (χ2n) is 24.3. The molecular weight excluding hydrogens is 1120 g/mol. The molecule has 15 aromatic rings. The number of rotatable bonds is 9. The summed E-state index contributed by atoms with van der Waals surface area (Å²) in [5.41, 5.74) is 15.7. The van der Waals surface area contributed by atoms with Gasteiger partial charge in [0, 0.05) is 0 Å². The van der Waals surface area contributed by atoms with Crippen LogP contribution < -0.4 is 62.2 Å². The molecular formula is C86H58Si3. The third-order valence-corrected chi connectivity index (χ3v) is 35.1. The summed E-state index contributed by atoms with van der Waals surface area (Å²) in [5.74, 6) is 0. The number of hydrogen-bond acceptors (Lipinski definition) is 0. The topological polar surface area (TPSA) is 0 Å². The molecule has 0 aromatic heterocycles. The van der Waals surface area contributed by atoms with Gasteiger partial charge in [-0.05, 0) is 157 Å². The van der Waals surface area contributed by atoms with E-state index in [-0.39, 0.29) is 0 Å². The van der Waals surface area contributed by atoms with Gasteiger partial charge in [-0.3, -0.25) is 0 Å². The van der Waals surface area contributed by atoms with Gasteiger partial charge in [0.1, 0.15) is 0 Å². The third-order valence-electron chi connectivity index (χ3n) is 20.3. The monoisotopic (exact) mass is 1170 g/mol. The Balaban J connectivity index is 1.01. The SMILES string of the molecule is c1ccc([Si]2(c3ccccc3)c3ccccc3-c3cccc(-c4cccc5c(-c6cccc7c6[Si](c6ccccc6)(c6ccccc6)c6ccccc6-7)c6cccc(-c7cccc8c7[Si](c7ccccc7)(c7ccccc7)c7ccccc7-8)c6cc45)c32)cc1. The first-order valence-corrected chi connectivity index (χ1v) is 37.2. The van der Waals surface area contributed by atoms with Crippen LogP contribution in [0.2, 0.25) is 0 Å². The summed E-state index contributed by atoms with van der Waals surface area (Å²) in [6, 6.07) is 136. The normalized spacial score (nSPS) is 14.1. The van der Waals surface area contributed by atoms with Gasteiger partial charge in [-0.1, -0.05) is 346 Å². The van der Waals surface area contributed by atoms with E-state index >= 15 is 0 Å². The van der Waals surface area contributed by atoms with Crippen molar-refractivity contribution in [2.45, 2.75) is 0 Å². The van der Waals surface area contributed by atoms with Gasteiger partial charge in [0.15, 0.2) is 24.2 Å². The molecule has 0 nitrogen and oxygen atoms in total. The lowest BCUT2D eigenvalue weighted by Crippen LogP contribution is -2.73. The molecule has 0 atom stereocenters. The largest absolute Gasteiger partial charge is 0.181 e. The molecule has 414 valence electrons. The van der Waals surface area contributed by atoms with Crippen LogP contribution >= 0.6 is 0 Å². The number of hydrogen-bond donors (Lipinski definition) is 0. The molecule has 0 aliphatic carbocycles. The van der Waals surface area contributed by atoms with Crippen molar-refractivity contribution >= 4 is 108 Å². The summed E-state index contributed by atoms with van der Waals surface area (Å²) in [4.78, 5) is 0. The van der Waals surface area contributed by atoms with Crippen LogP contribution in [0.3, 0.4) is 0 Å². The van der Waals surface area contributed by atoms with Gasteiger partial charge in [-0.25, -0.2) is 0 Å². The van der Waals surface area contributed by atoms with E-state index in [9.17, 15) is 0 Å². The fourth-order valence-corrected chi connectivity index (χ4v) is 33.3. The van der Waals surface area contributed by atoms with Crippen molar-refractivity contribution in [1.29, 1.82) is 0 Å². The molecule has 0 bridgehead atoms. The molecule has 3 heteroatoms. The molecule has 0 unspecified atom stereocenters. The van der Waals surface area contributed by atoms with Crippen molar-refractivity contribution in [1.82, 2.24) is 0 Å². The van der Waals surface area contributed by atoms with Gasteiger partial charge >= 0.3 is 0 Å². The number of benzene rings is 15. The highest BCUT2D eigenvalue weighted by atomic mass is 28.3. The Morgan fingerprint density at radius 2 is 0.360 bits per heavy atom. The van der Waals surface area contributed by atoms with Crippen LogP contribution in [0.1, 0.15) is 0 Å². The standard InChI is InChI=1S/C86H58Si3/c1-7-30-59(31-8-1)87(60-32-9-2-10-33-60)80-55-22-19-42-67(80)74-51-27-49-72(84(74)87)65-45-25-47-70-78(65)58-79-66(73-50-28-52-75-68-43-20-23-56-81(68)88(85(73)75,61-34-11-3-12-35-61)62-36-13-4-14-37-62)46-26-48-71(79)83(70)77-54-29-53-76-69-44-21-24-57-82(69)89(86(76)77,63-38-15-5-16-39-63)64-40-17-6-18-41-64/h1-58H. The summed E-state index contributed by atoms with van der Waals surface area (Å²) in [6.07, 6.45) is 0. The Labute approximate surface area is 523 Å². The van der Waals surface area contributed by atoms with Crippen molar-refractivity contribution < 1.29 is 0 Å². The van der Waals surface area contributed by atoms with Crippen molar-refractivity contribution in [2.75, 3.05) is 0 Å². The maximum Gasteiger partial charge on any atom is 0.181 e. The molecule has 3 aliphatic heterocycles. The van der Waals surface area contributed by atoms with E-state index in [1.165, 1.54) is 151 Å². The highest BCUT2D eigenvalue weighted by molar-refractivity contribution is 7.24. The first-order valence-electron chi connectivity index (χ1n) is 31.2. The minimum Gasteiger partial charge on any atom is -0.0623 e. The van der Waals surface area contributed by atoms with E-state index in [2.05, 4.69) is 352 Å². The maximum atomic E-state index is 2.63. The summed E-state index contributed by atoms with van der Waals surface area (Å²) >= 11 is 0. The van der Waals surface area contributed by atoms with Crippen molar-refractivity contribution in [3.05, 3.63) is 352 Å². The summed E-state index contributed by atoms with van der Waals surface area (Å²) < 4.78 is 0. The summed E-state index contributed by atoms with van der Waals surface area (Å²) in [7, 11) is -9.05. The second kappa shape index (κ2) is 20.3. The van der Waals surface area contributed by atoms with E-state index in [4.69, 9.17) is 0 Å². The lowest BCUT2D eigenvalue weighted by Gasteiger charge is -2.34. The Bertz CT molecular complexity index is 4940. The van der Waals surface area contributed by atoms with Crippen LogP contribution in [0.25, 0.3) is 88.3 Å². The summed E-state index contributed by atoms with van der Waals surface area (Å²) in [6.45, 7) is 0. The van der Waals surface area contributed by atoms with Gasteiger partial charge in [-0.15, -0.1) is 0 Å². The van der Waals surface area contributed by atoms with E-state index < -0.39 is 24.2 Å². The average Bonchev–Trinajstić information content (AvgIpc) is 1.65. The van der Waals surface area contributed by atoms with Crippen molar-refractivity contribution in [3.63, 3.8) is 0 Å². The van der Waals surface area contributed by atoms with Crippen LogP contribution in [0.5, 0.6) is 0 Å². The maximum absolute atomic E-state index is 3.06. The van der Waals surface area contributed by atoms with Crippen molar-refractivity contribution in [3.8, 4) is 66.8 Å². The van der Waals surface area contributed by atoms with Gasteiger partial charge in [0.05, 0.1) is 0 Å². The lowest BCUT2D eigenvalue weighted by atomic mass is 9.85. The smallest absolute Gasteiger partial charge is 0.0623 e. The molecule has 0 fully saturated rings. The van der Waals surface area contributed by atoms with Crippen LogP contribution in [0.4, 0.5) is 0 Å². The first-order chi connectivity index (χ1) is 44.2. The van der Waals surface area contributed by atoms with E-state index in [0.717, 1.165) is 0 Å². The highest BCUT2D eigenvalue weighted by Crippen LogP contribution is 2.47. The van der Waals surface area contributed by atoms with Gasteiger partial charge < -0.3 is 0 Å². The number of fused-ring (bicyclic) bond motifs is 11. The van der Waals surface area contributed by atoms with Crippen LogP contribution in [-0.2, 0) is 0 Å². The predicted molar refractivity (Wildman–Crippen MR) is 386 cm³/mol. The molecule has 0 N–H and O–H groups in total. The predicted octanol–water partition coefficient (Wildman–Crippen LogP) is 13.1. The van der Waals surface area contributed by atoms with Crippen LogP contribution in [0, 0.1) is 0 Å². The molecule has 0 spiro atoms. The zero-order valence-corrected chi connectivity index (χ0v) is 52.0. The Kier molecular flexibility index (Phi) is 11.8. The zero-order valence-electron chi connectivity index (χ0n) is 49.0. The molecule has 3 aliphatic rings. The minimum atomic E-state index is -3.06. The highest BCUT2D eigenvalue weighted by Gasteiger charge is 2.53. The quantitative estimate of drug-likeness (QED) is 0.0998. The van der Waals surface area contributed by atoms with Crippen LogP contribution in [-0.4, -0.2) is 24.2 Å². The summed E-state index contributed by atoms with van der Waals surface area (Å²) in [5, 5.41) is 22.1. The fraction of sp³-hybridized carbons (Fsp3) is 0. The van der Waals surface area contributed by atoms with Gasteiger partial charge in [0.25, 0.3) is 0 Å². The minimum absolute atomic E-state index is 1.25. The lowest BCUT2D eigenvalue weighted by molar-refractivity contribution is 1.65. The van der Waals surface area contributed by atoms with Crippen LogP contribution in [0.15, 0.2) is 352 Å². The average molecular weight is 1180 g/mol. The van der Waals surface area contributed by atoms with E-state index in [1.54, 1.807) is 0 Å². The molecule has 0 radical (unpaired) electrons. The molecule has 18 rings (SSSR count). The first kappa shape index (κ1) is 51.7. The third kappa shape index (κ3) is 7.15. The van der Waals surface area contributed by atoms with Gasteiger partial charge in [0.2, 0.25) is 0 Å². The molecule has 3 heterocycles. The van der Waals surface area contributed by atoms with E-state index in [1.807, 2.05) is 0 Å². The second-order valence-corrected chi connectivity index (χ2v) is 35.4. The zero-order chi connectivity index (χ0) is 58.7. The van der Waals surface area contributed by atoms with Gasteiger partial charge in [-0.2, -0.15) is 0 Å². The Morgan fingerprint density at radius 1 is 0.146 bits per heavy atom. The molecule has 0 saturated carbocycles. The Hall–Kier alpha value is -10.5. The molecule has 0 amide bonds. The fourth-order valence-electron chi connectivity index (χ4n) is 17.1. The van der Waals surface area contributed by atoms with E-state index in [0.29, 0.717) is 0 Å².